The van der Waals surface area contributed by atoms with Crippen LogP contribution in [0.4, 0.5) is 0 Å². The van der Waals surface area contributed by atoms with E-state index in [2.05, 4.69) is 5.43 Å². The van der Waals surface area contributed by atoms with Crippen LogP contribution in [0.2, 0.25) is 0 Å². The van der Waals surface area contributed by atoms with Crippen molar-refractivity contribution in [1.29, 1.82) is 0 Å². The smallest absolute Gasteiger partial charge is 0.255 e. The number of carbonyl (C=O) groups excluding carboxylic acids is 1. The van der Waals surface area contributed by atoms with Crippen molar-refractivity contribution in [3.05, 3.63) is 29.3 Å². The second-order valence-electron chi connectivity index (χ2n) is 3.81. The summed E-state index contributed by atoms with van der Waals surface area (Å²) >= 11 is 1.86. The zero-order valence-corrected chi connectivity index (χ0v) is 9.72. The molecule has 0 aliphatic carbocycles. The van der Waals surface area contributed by atoms with E-state index >= 15 is 0 Å². The van der Waals surface area contributed by atoms with Crippen molar-refractivity contribution < 1.29 is 4.79 Å². The normalized spacial score (nSPS) is 16.4. The van der Waals surface area contributed by atoms with Gasteiger partial charge in [0.2, 0.25) is 0 Å². The largest absolute Gasteiger partial charge is 0.316 e. The van der Waals surface area contributed by atoms with Gasteiger partial charge in [-0.15, -0.1) is 11.8 Å². The molecule has 0 radical (unpaired) electrons. The Hall–Kier alpha value is -1.04. The lowest BCUT2D eigenvalue weighted by Gasteiger charge is -2.18. The molecule has 2 rings (SSSR count). The van der Waals surface area contributed by atoms with Crippen molar-refractivity contribution in [3.63, 3.8) is 0 Å². The van der Waals surface area contributed by atoms with Gasteiger partial charge >= 0.3 is 0 Å². The Kier molecular flexibility index (Phi) is 3.48. The first kappa shape index (κ1) is 11.4. The summed E-state index contributed by atoms with van der Waals surface area (Å²) in [7, 11) is 0. The van der Waals surface area contributed by atoms with Gasteiger partial charge in [0.25, 0.3) is 5.91 Å². The number of aryl methyl sites for hydroxylation is 1. The number of nitrogens with one attached hydrogen (secondary N) is 1. The van der Waals surface area contributed by atoms with Crippen molar-refractivity contribution in [1.82, 2.24) is 5.43 Å². The SMILES string of the molecule is NNC(=O)C(N)c1ccc2c(c1)CCCS2. The molecular weight excluding hydrogens is 222 g/mol. The first-order chi connectivity index (χ1) is 7.72. The molecule has 1 aromatic carbocycles. The highest BCUT2D eigenvalue weighted by atomic mass is 32.2. The van der Waals surface area contributed by atoms with Gasteiger partial charge in [-0.25, -0.2) is 5.84 Å². The molecule has 1 heterocycles. The highest BCUT2D eigenvalue weighted by Gasteiger charge is 2.17. The number of hydrazine groups is 1. The third kappa shape index (κ3) is 2.21. The minimum absolute atomic E-state index is 0.358. The highest BCUT2D eigenvalue weighted by Crippen LogP contribution is 2.31. The van der Waals surface area contributed by atoms with Crippen LogP contribution < -0.4 is 17.0 Å². The second kappa shape index (κ2) is 4.86. The topological polar surface area (TPSA) is 81.1 Å². The fraction of sp³-hybridized carbons (Fsp3) is 0.364. The minimum Gasteiger partial charge on any atom is -0.316 e. The van der Waals surface area contributed by atoms with Gasteiger partial charge in [-0.05, 0) is 35.8 Å². The van der Waals surface area contributed by atoms with Gasteiger partial charge in [-0.1, -0.05) is 12.1 Å². The number of hydrogen-bond acceptors (Lipinski definition) is 4. The van der Waals surface area contributed by atoms with E-state index in [1.807, 2.05) is 30.0 Å². The number of thioether (sulfide) groups is 1. The summed E-state index contributed by atoms with van der Waals surface area (Å²) in [4.78, 5) is 12.6. The third-order valence-corrected chi connectivity index (χ3v) is 3.92. The Balaban J connectivity index is 2.26. The van der Waals surface area contributed by atoms with Gasteiger partial charge < -0.3 is 5.73 Å². The number of amides is 1. The van der Waals surface area contributed by atoms with E-state index < -0.39 is 6.04 Å². The Morgan fingerprint density at radius 2 is 2.31 bits per heavy atom. The Morgan fingerprint density at radius 3 is 3.06 bits per heavy atom. The molecule has 1 aromatic rings. The molecule has 0 spiro atoms. The quantitative estimate of drug-likeness (QED) is 0.402. The first-order valence-corrected chi connectivity index (χ1v) is 6.22. The minimum atomic E-state index is -0.678. The molecule has 16 heavy (non-hydrogen) atoms. The van der Waals surface area contributed by atoms with E-state index in [0.717, 1.165) is 12.0 Å². The van der Waals surface area contributed by atoms with Gasteiger partial charge in [-0.3, -0.25) is 10.2 Å². The molecule has 1 aliphatic heterocycles. The third-order valence-electron chi connectivity index (χ3n) is 2.72. The molecule has 0 saturated heterocycles. The van der Waals surface area contributed by atoms with Crippen molar-refractivity contribution in [2.24, 2.45) is 11.6 Å². The first-order valence-electron chi connectivity index (χ1n) is 5.24. The molecule has 1 aliphatic rings. The standard InChI is InChI=1S/C11H15N3OS/c12-10(11(15)14-13)8-3-4-9-7(6-8)2-1-5-16-9/h3-4,6,10H,1-2,5,12-13H2,(H,14,15). The number of fused-ring (bicyclic) bond motifs is 1. The van der Waals surface area contributed by atoms with Crippen LogP contribution in [0.15, 0.2) is 23.1 Å². The van der Waals surface area contributed by atoms with Gasteiger partial charge in [0, 0.05) is 4.90 Å². The van der Waals surface area contributed by atoms with Gasteiger partial charge in [0.05, 0.1) is 0 Å². The summed E-state index contributed by atoms with van der Waals surface area (Å²) in [6.07, 6.45) is 2.24. The van der Waals surface area contributed by atoms with E-state index in [0.29, 0.717) is 0 Å². The van der Waals surface area contributed by atoms with E-state index in [1.54, 1.807) is 0 Å². The van der Waals surface area contributed by atoms with Crippen molar-refractivity contribution in [3.8, 4) is 0 Å². The summed E-state index contributed by atoms with van der Waals surface area (Å²) in [5.74, 6) is 5.87. The number of rotatable bonds is 2. The molecule has 86 valence electrons. The molecule has 5 heteroatoms. The molecule has 0 saturated carbocycles. The monoisotopic (exact) mass is 237 g/mol. The maximum atomic E-state index is 11.3. The molecule has 1 atom stereocenters. The van der Waals surface area contributed by atoms with Crippen LogP contribution in [-0.2, 0) is 11.2 Å². The Bertz CT molecular complexity index is 408. The maximum absolute atomic E-state index is 11.3. The number of carbonyl (C=O) groups is 1. The summed E-state index contributed by atoms with van der Waals surface area (Å²) in [5, 5.41) is 0. The fourth-order valence-corrected chi connectivity index (χ4v) is 2.83. The molecule has 0 aromatic heterocycles. The van der Waals surface area contributed by atoms with Crippen LogP contribution in [0.5, 0.6) is 0 Å². The average molecular weight is 237 g/mol. The molecule has 1 unspecified atom stereocenters. The predicted octanol–water partition coefficient (Wildman–Crippen LogP) is 0.715. The molecule has 0 fully saturated rings. The van der Waals surface area contributed by atoms with Crippen molar-refractivity contribution in [2.75, 3.05) is 5.75 Å². The number of nitrogens with two attached hydrogens (primary N) is 2. The zero-order chi connectivity index (χ0) is 11.5. The highest BCUT2D eigenvalue weighted by molar-refractivity contribution is 7.99. The molecule has 4 nitrogen and oxygen atoms in total. The van der Waals surface area contributed by atoms with E-state index in [9.17, 15) is 4.79 Å². The molecule has 1 amide bonds. The number of benzene rings is 1. The molecule has 0 bridgehead atoms. The van der Waals surface area contributed by atoms with Gasteiger partial charge in [-0.2, -0.15) is 0 Å². The van der Waals surface area contributed by atoms with Gasteiger partial charge in [0.1, 0.15) is 6.04 Å². The maximum Gasteiger partial charge on any atom is 0.255 e. The second-order valence-corrected chi connectivity index (χ2v) is 4.94. The fourth-order valence-electron chi connectivity index (χ4n) is 1.81. The average Bonchev–Trinajstić information content (AvgIpc) is 2.36. The van der Waals surface area contributed by atoms with Gasteiger partial charge in [0.15, 0.2) is 0 Å². The van der Waals surface area contributed by atoms with E-state index in [4.69, 9.17) is 11.6 Å². The Morgan fingerprint density at radius 1 is 1.50 bits per heavy atom. The van der Waals surface area contributed by atoms with Crippen LogP contribution in [0.25, 0.3) is 0 Å². The van der Waals surface area contributed by atoms with Crippen LogP contribution in [-0.4, -0.2) is 11.7 Å². The molecule has 5 N–H and O–H groups in total. The number of hydrogen-bond donors (Lipinski definition) is 3. The van der Waals surface area contributed by atoms with Crippen LogP contribution >= 0.6 is 11.8 Å². The lowest BCUT2D eigenvalue weighted by molar-refractivity contribution is -0.122. The van der Waals surface area contributed by atoms with E-state index in [-0.39, 0.29) is 5.91 Å². The lowest BCUT2D eigenvalue weighted by atomic mass is 10.0. The summed E-state index contributed by atoms with van der Waals surface area (Å²) in [6, 6.07) is 5.28. The molecular formula is C11H15N3OS. The van der Waals surface area contributed by atoms with Crippen LogP contribution in [0.3, 0.4) is 0 Å². The Labute approximate surface area is 98.7 Å². The van der Waals surface area contributed by atoms with Crippen molar-refractivity contribution in [2.45, 2.75) is 23.8 Å². The van der Waals surface area contributed by atoms with Crippen molar-refractivity contribution >= 4 is 17.7 Å². The summed E-state index contributed by atoms with van der Waals surface area (Å²) < 4.78 is 0. The lowest BCUT2D eigenvalue weighted by Crippen LogP contribution is -2.38. The summed E-state index contributed by atoms with van der Waals surface area (Å²) in [5.41, 5.74) is 9.97. The zero-order valence-electron chi connectivity index (χ0n) is 8.90. The van der Waals surface area contributed by atoms with Crippen LogP contribution in [0.1, 0.15) is 23.6 Å². The van der Waals surface area contributed by atoms with E-state index in [1.165, 1.54) is 22.6 Å². The van der Waals surface area contributed by atoms with Crippen LogP contribution in [0, 0.1) is 0 Å². The summed E-state index contributed by atoms with van der Waals surface area (Å²) in [6.45, 7) is 0. The predicted molar refractivity (Wildman–Crippen MR) is 64.7 cm³/mol.